The Morgan fingerprint density at radius 3 is 2.11 bits per heavy atom. The van der Waals surface area contributed by atoms with E-state index in [0.29, 0.717) is 11.8 Å². The maximum atomic E-state index is 10.5. The number of hydrogen-bond acceptors (Lipinski definition) is 4. The van der Waals surface area contributed by atoms with Gasteiger partial charge >= 0.3 is 0 Å². The van der Waals surface area contributed by atoms with Crippen LogP contribution < -0.4 is 0 Å². The molecule has 0 aliphatic heterocycles. The van der Waals surface area contributed by atoms with Crippen molar-refractivity contribution in [1.29, 1.82) is 0 Å². The SMILES string of the molecule is O=C=NC1CCC(C2CCCCC2N=C=O)CC1. The molecule has 0 aromatic carbocycles. The number of isocyanates is 2. The smallest absolute Gasteiger partial charge is 0.211 e. The summed E-state index contributed by atoms with van der Waals surface area (Å²) in [6.45, 7) is 0. The van der Waals surface area contributed by atoms with E-state index in [0.717, 1.165) is 32.1 Å². The molecule has 2 fully saturated rings. The molecule has 0 aromatic rings. The van der Waals surface area contributed by atoms with E-state index in [-0.39, 0.29) is 12.1 Å². The molecule has 0 spiro atoms. The van der Waals surface area contributed by atoms with Crippen LogP contribution in [0.2, 0.25) is 0 Å². The van der Waals surface area contributed by atoms with Crippen LogP contribution in [0, 0.1) is 11.8 Å². The summed E-state index contributed by atoms with van der Waals surface area (Å²) in [6, 6.07) is 0.364. The van der Waals surface area contributed by atoms with E-state index >= 15 is 0 Å². The van der Waals surface area contributed by atoms with Crippen molar-refractivity contribution in [3.8, 4) is 0 Å². The second-order valence-electron chi connectivity index (χ2n) is 5.53. The van der Waals surface area contributed by atoms with Gasteiger partial charge < -0.3 is 0 Å². The zero-order chi connectivity index (χ0) is 12.8. The summed E-state index contributed by atoms with van der Waals surface area (Å²) in [5.74, 6) is 1.19. The van der Waals surface area contributed by atoms with Gasteiger partial charge in [0.1, 0.15) is 0 Å². The van der Waals surface area contributed by atoms with E-state index < -0.39 is 0 Å². The molecule has 0 radical (unpaired) electrons. The average molecular weight is 248 g/mol. The van der Waals surface area contributed by atoms with E-state index in [4.69, 9.17) is 0 Å². The minimum absolute atomic E-state index is 0.176. The summed E-state index contributed by atoms with van der Waals surface area (Å²) in [7, 11) is 0. The van der Waals surface area contributed by atoms with Gasteiger partial charge in [-0.05, 0) is 50.4 Å². The Morgan fingerprint density at radius 1 is 0.778 bits per heavy atom. The Balaban J connectivity index is 1.94. The molecule has 18 heavy (non-hydrogen) atoms. The fourth-order valence-corrected chi connectivity index (χ4v) is 3.65. The molecule has 2 saturated carbocycles. The Hall–Kier alpha value is -1.24. The highest BCUT2D eigenvalue weighted by Gasteiger charge is 2.34. The molecule has 2 aliphatic carbocycles. The molecule has 98 valence electrons. The van der Waals surface area contributed by atoms with Gasteiger partial charge in [0.2, 0.25) is 12.2 Å². The van der Waals surface area contributed by atoms with Crippen LogP contribution >= 0.6 is 0 Å². The van der Waals surface area contributed by atoms with Crippen molar-refractivity contribution >= 4 is 12.2 Å². The highest BCUT2D eigenvalue weighted by molar-refractivity contribution is 5.34. The normalized spacial score (nSPS) is 36.2. The zero-order valence-electron chi connectivity index (χ0n) is 10.7. The molecule has 2 aliphatic rings. The van der Waals surface area contributed by atoms with Gasteiger partial charge in [0.05, 0.1) is 12.1 Å². The quantitative estimate of drug-likeness (QED) is 0.569. The fourth-order valence-electron chi connectivity index (χ4n) is 3.65. The van der Waals surface area contributed by atoms with Crippen LogP contribution in [0.4, 0.5) is 0 Å². The van der Waals surface area contributed by atoms with E-state index in [1.807, 2.05) is 0 Å². The van der Waals surface area contributed by atoms with Crippen LogP contribution in [0.15, 0.2) is 9.98 Å². The van der Waals surface area contributed by atoms with Gasteiger partial charge in [-0.15, -0.1) is 0 Å². The number of hydrogen-bond donors (Lipinski definition) is 0. The molecule has 4 heteroatoms. The summed E-state index contributed by atoms with van der Waals surface area (Å²) < 4.78 is 0. The van der Waals surface area contributed by atoms with E-state index in [1.54, 1.807) is 12.2 Å². The molecule has 0 amide bonds. The topological polar surface area (TPSA) is 58.9 Å². The third kappa shape index (κ3) is 3.16. The molecule has 2 atom stereocenters. The van der Waals surface area contributed by atoms with Gasteiger partial charge in [-0.1, -0.05) is 12.8 Å². The van der Waals surface area contributed by atoms with Gasteiger partial charge in [0, 0.05) is 0 Å². The lowest BCUT2D eigenvalue weighted by atomic mass is 9.70. The molecule has 4 nitrogen and oxygen atoms in total. The fraction of sp³-hybridized carbons (Fsp3) is 0.857. The minimum Gasteiger partial charge on any atom is -0.211 e. The molecule has 0 aromatic heterocycles. The Bertz CT molecular complexity index is 362. The number of nitrogens with zero attached hydrogens (tertiary/aromatic N) is 2. The second-order valence-corrected chi connectivity index (χ2v) is 5.53. The first-order valence-corrected chi connectivity index (χ1v) is 6.99. The first kappa shape index (κ1) is 13.2. The molecular weight excluding hydrogens is 228 g/mol. The van der Waals surface area contributed by atoms with Crippen LogP contribution in [0.1, 0.15) is 51.4 Å². The van der Waals surface area contributed by atoms with Crippen molar-refractivity contribution in [2.24, 2.45) is 21.8 Å². The van der Waals surface area contributed by atoms with Gasteiger partial charge in [0.25, 0.3) is 0 Å². The summed E-state index contributed by atoms with van der Waals surface area (Å²) in [5, 5.41) is 0. The summed E-state index contributed by atoms with van der Waals surface area (Å²) >= 11 is 0. The van der Waals surface area contributed by atoms with Crippen LogP contribution in [0.3, 0.4) is 0 Å². The molecule has 2 unspecified atom stereocenters. The number of carbonyl (C=O) groups excluding carboxylic acids is 2. The monoisotopic (exact) mass is 248 g/mol. The molecule has 0 bridgehead atoms. The lowest BCUT2D eigenvalue weighted by Gasteiger charge is -2.37. The van der Waals surface area contributed by atoms with Crippen molar-refractivity contribution < 1.29 is 9.59 Å². The lowest BCUT2D eigenvalue weighted by Crippen LogP contribution is -2.33. The lowest BCUT2D eigenvalue weighted by molar-refractivity contribution is 0.165. The van der Waals surface area contributed by atoms with Gasteiger partial charge in [-0.25, -0.2) is 19.6 Å². The third-order valence-electron chi connectivity index (χ3n) is 4.58. The number of aliphatic imine (C=N–C) groups is 2. The van der Waals surface area contributed by atoms with Gasteiger partial charge in [0.15, 0.2) is 0 Å². The van der Waals surface area contributed by atoms with E-state index in [9.17, 15) is 9.59 Å². The van der Waals surface area contributed by atoms with Crippen LogP contribution in [-0.4, -0.2) is 24.2 Å². The second kappa shape index (κ2) is 6.63. The highest BCUT2D eigenvalue weighted by Crippen LogP contribution is 2.40. The summed E-state index contributed by atoms with van der Waals surface area (Å²) in [5.41, 5.74) is 0. The Labute approximate surface area is 108 Å². The zero-order valence-corrected chi connectivity index (χ0v) is 10.7. The first-order valence-electron chi connectivity index (χ1n) is 6.99. The standard InChI is InChI=1S/C14H20N2O2/c17-9-15-12-7-5-11(6-8-12)13-3-1-2-4-14(13)16-10-18/h11-14H,1-8H2. The highest BCUT2D eigenvalue weighted by atomic mass is 16.1. The third-order valence-corrected chi connectivity index (χ3v) is 4.58. The Morgan fingerprint density at radius 2 is 1.44 bits per heavy atom. The first-order chi connectivity index (χ1) is 8.85. The summed E-state index contributed by atoms with van der Waals surface area (Å²) in [6.07, 6.45) is 12.2. The molecule has 0 N–H and O–H groups in total. The summed E-state index contributed by atoms with van der Waals surface area (Å²) in [4.78, 5) is 28.6. The molecule has 0 heterocycles. The molecular formula is C14H20N2O2. The van der Waals surface area contributed by atoms with Crippen LogP contribution in [-0.2, 0) is 9.59 Å². The van der Waals surface area contributed by atoms with E-state index in [2.05, 4.69) is 9.98 Å². The largest absolute Gasteiger partial charge is 0.235 e. The maximum absolute atomic E-state index is 10.5. The number of rotatable bonds is 3. The van der Waals surface area contributed by atoms with Crippen molar-refractivity contribution in [1.82, 2.24) is 0 Å². The predicted octanol–water partition coefficient (Wildman–Crippen LogP) is 2.78. The Kier molecular flexibility index (Phi) is 4.86. The van der Waals surface area contributed by atoms with Crippen molar-refractivity contribution in [3.05, 3.63) is 0 Å². The van der Waals surface area contributed by atoms with Gasteiger partial charge in [-0.2, -0.15) is 0 Å². The van der Waals surface area contributed by atoms with Crippen molar-refractivity contribution in [2.75, 3.05) is 0 Å². The molecule has 0 saturated heterocycles. The minimum atomic E-state index is 0.176. The maximum Gasteiger partial charge on any atom is 0.235 e. The van der Waals surface area contributed by atoms with Crippen molar-refractivity contribution in [2.45, 2.75) is 63.5 Å². The van der Waals surface area contributed by atoms with E-state index in [1.165, 1.54) is 19.3 Å². The van der Waals surface area contributed by atoms with Gasteiger partial charge in [-0.3, -0.25) is 0 Å². The van der Waals surface area contributed by atoms with Crippen LogP contribution in [0.25, 0.3) is 0 Å². The predicted molar refractivity (Wildman–Crippen MR) is 67.7 cm³/mol. The average Bonchev–Trinajstić information content (AvgIpc) is 2.41. The van der Waals surface area contributed by atoms with Crippen molar-refractivity contribution in [3.63, 3.8) is 0 Å². The van der Waals surface area contributed by atoms with Crippen LogP contribution in [0.5, 0.6) is 0 Å². The molecule has 2 rings (SSSR count).